The van der Waals surface area contributed by atoms with E-state index in [0.29, 0.717) is 18.9 Å². The Labute approximate surface area is 157 Å². The van der Waals surface area contributed by atoms with Gasteiger partial charge in [0.1, 0.15) is 5.01 Å². The first-order chi connectivity index (χ1) is 12.8. The molecule has 1 aliphatic carbocycles. The monoisotopic (exact) mass is 363 g/mol. The first kappa shape index (κ1) is 16.9. The van der Waals surface area contributed by atoms with Gasteiger partial charge in [0.15, 0.2) is 0 Å². The average Bonchev–Trinajstić information content (AvgIpc) is 3.15. The van der Waals surface area contributed by atoms with Gasteiger partial charge in [0.2, 0.25) is 5.91 Å². The van der Waals surface area contributed by atoms with Crippen LogP contribution in [0.15, 0.2) is 54.0 Å². The van der Waals surface area contributed by atoms with Crippen LogP contribution in [-0.2, 0) is 17.6 Å². The summed E-state index contributed by atoms with van der Waals surface area (Å²) in [5.74, 6) is 0.453. The minimum Gasteiger partial charge on any atom is -0.355 e. The van der Waals surface area contributed by atoms with Crippen LogP contribution in [0, 0.1) is 0 Å². The molecule has 0 radical (unpaired) electrons. The highest BCUT2D eigenvalue weighted by molar-refractivity contribution is 7.13. The Morgan fingerprint density at radius 2 is 2.08 bits per heavy atom. The summed E-state index contributed by atoms with van der Waals surface area (Å²) >= 11 is 1.53. The zero-order valence-corrected chi connectivity index (χ0v) is 15.3. The largest absolute Gasteiger partial charge is 0.355 e. The Kier molecular flexibility index (Phi) is 5.07. The standard InChI is InChI=1S/C21H21N3OS/c25-20(12-17-14-26-21(24-17)19-10-3-4-11-22-19)23-13-16-8-5-7-15-6-1-2-9-18(15)16/h1-4,6,9-11,14,16H,5,7-8,12-13H2,(H,23,25). The topological polar surface area (TPSA) is 54.9 Å². The molecule has 1 N–H and O–H groups in total. The number of carbonyl (C=O) groups is 1. The molecule has 3 aromatic rings. The number of rotatable bonds is 5. The van der Waals surface area contributed by atoms with Crippen LogP contribution in [0.4, 0.5) is 0 Å². The second kappa shape index (κ2) is 7.79. The number of aromatic nitrogens is 2. The van der Waals surface area contributed by atoms with Crippen LogP contribution in [0.25, 0.3) is 10.7 Å². The number of carbonyl (C=O) groups excluding carboxylic acids is 1. The fourth-order valence-electron chi connectivity index (χ4n) is 3.53. The number of amides is 1. The summed E-state index contributed by atoms with van der Waals surface area (Å²) in [5.41, 5.74) is 4.47. The average molecular weight is 363 g/mol. The van der Waals surface area contributed by atoms with Gasteiger partial charge in [0.25, 0.3) is 0 Å². The summed E-state index contributed by atoms with van der Waals surface area (Å²) in [4.78, 5) is 21.2. The zero-order chi connectivity index (χ0) is 17.8. The van der Waals surface area contributed by atoms with Crippen molar-refractivity contribution in [3.8, 4) is 10.7 Å². The van der Waals surface area contributed by atoms with E-state index in [1.165, 1.54) is 28.9 Å². The molecule has 0 fully saturated rings. The number of aryl methyl sites for hydroxylation is 1. The normalized spacial score (nSPS) is 16.1. The van der Waals surface area contributed by atoms with Gasteiger partial charge < -0.3 is 5.32 Å². The highest BCUT2D eigenvalue weighted by Gasteiger charge is 2.20. The molecule has 1 unspecified atom stereocenters. The second-order valence-electron chi connectivity index (χ2n) is 6.63. The van der Waals surface area contributed by atoms with E-state index < -0.39 is 0 Å². The SMILES string of the molecule is O=C(Cc1csc(-c2ccccn2)n1)NCC1CCCc2ccccc21. The Balaban J connectivity index is 1.35. The van der Waals surface area contributed by atoms with Crippen molar-refractivity contribution in [1.82, 2.24) is 15.3 Å². The quantitative estimate of drug-likeness (QED) is 0.746. The van der Waals surface area contributed by atoms with E-state index in [2.05, 4.69) is 39.6 Å². The van der Waals surface area contributed by atoms with E-state index in [-0.39, 0.29) is 5.91 Å². The first-order valence-electron chi connectivity index (χ1n) is 9.00. The fourth-order valence-corrected chi connectivity index (χ4v) is 4.32. The van der Waals surface area contributed by atoms with Crippen LogP contribution in [-0.4, -0.2) is 22.4 Å². The van der Waals surface area contributed by atoms with E-state index in [1.807, 2.05) is 23.6 Å². The van der Waals surface area contributed by atoms with Gasteiger partial charge in [0, 0.05) is 24.0 Å². The van der Waals surface area contributed by atoms with E-state index in [0.717, 1.165) is 29.2 Å². The number of nitrogens with one attached hydrogen (secondary N) is 1. The summed E-state index contributed by atoms with van der Waals surface area (Å²) in [6.45, 7) is 0.701. The molecule has 0 saturated carbocycles. The third-order valence-electron chi connectivity index (χ3n) is 4.82. The molecule has 0 saturated heterocycles. The molecule has 2 heterocycles. The smallest absolute Gasteiger partial charge is 0.226 e. The van der Waals surface area contributed by atoms with Gasteiger partial charge in [0.05, 0.1) is 17.8 Å². The van der Waals surface area contributed by atoms with Crippen LogP contribution in [0.1, 0.15) is 35.6 Å². The lowest BCUT2D eigenvalue weighted by atomic mass is 9.83. The summed E-state index contributed by atoms with van der Waals surface area (Å²) in [7, 11) is 0. The summed E-state index contributed by atoms with van der Waals surface area (Å²) in [6.07, 6.45) is 5.55. The molecule has 0 bridgehead atoms. The number of thiazole rings is 1. The maximum absolute atomic E-state index is 12.4. The van der Waals surface area contributed by atoms with E-state index >= 15 is 0 Å². The maximum atomic E-state index is 12.4. The van der Waals surface area contributed by atoms with Crippen molar-refractivity contribution in [2.75, 3.05) is 6.54 Å². The molecule has 5 heteroatoms. The molecular formula is C21H21N3OS. The lowest BCUT2D eigenvalue weighted by Gasteiger charge is -2.25. The first-order valence-corrected chi connectivity index (χ1v) is 9.88. The summed E-state index contributed by atoms with van der Waals surface area (Å²) in [5, 5.41) is 5.90. The van der Waals surface area contributed by atoms with Gasteiger partial charge >= 0.3 is 0 Å². The predicted molar refractivity (Wildman–Crippen MR) is 104 cm³/mol. The van der Waals surface area contributed by atoms with E-state index in [4.69, 9.17) is 0 Å². The molecule has 26 heavy (non-hydrogen) atoms. The van der Waals surface area contributed by atoms with Crippen LogP contribution in [0.3, 0.4) is 0 Å². The van der Waals surface area contributed by atoms with Gasteiger partial charge in [-0.25, -0.2) is 4.98 Å². The van der Waals surface area contributed by atoms with Crippen LogP contribution >= 0.6 is 11.3 Å². The van der Waals surface area contributed by atoms with Crippen molar-refractivity contribution < 1.29 is 4.79 Å². The molecule has 4 nitrogen and oxygen atoms in total. The molecule has 4 rings (SSSR count). The molecule has 1 amide bonds. The highest BCUT2D eigenvalue weighted by atomic mass is 32.1. The Bertz CT molecular complexity index is 891. The van der Waals surface area contributed by atoms with Gasteiger partial charge in [-0.1, -0.05) is 30.3 Å². The molecular weight excluding hydrogens is 342 g/mol. The molecule has 1 atom stereocenters. The van der Waals surface area contributed by atoms with Crippen molar-refractivity contribution in [2.24, 2.45) is 0 Å². The third-order valence-corrected chi connectivity index (χ3v) is 5.73. The Morgan fingerprint density at radius 3 is 2.96 bits per heavy atom. The van der Waals surface area contributed by atoms with Crippen LogP contribution in [0.2, 0.25) is 0 Å². The number of benzene rings is 1. The van der Waals surface area contributed by atoms with Gasteiger partial charge in [-0.2, -0.15) is 0 Å². The number of hydrogen-bond acceptors (Lipinski definition) is 4. The van der Waals surface area contributed by atoms with Crippen LogP contribution in [0.5, 0.6) is 0 Å². The van der Waals surface area contributed by atoms with E-state index in [1.54, 1.807) is 6.20 Å². The van der Waals surface area contributed by atoms with Gasteiger partial charge in [-0.15, -0.1) is 11.3 Å². The number of nitrogens with zero attached hydrogens (tertiary/aromatic N) is 2. The Hall–Kier alpha value is -2.53. The Morgan fingerprint density at radius 1 is 1.19 bits per heavy atom. The summed E-state index contributed by atoms with van der Waals surface area (Å²) < 4.78 is 0. The lowest BCUT2D eigenvalue weighted by Crippen LogP contribution is -2.31. The van der Waals surface area contributed by atoms with Crippen molar-refractivity contribution in [3.05, 3.63) is 70.9 Å². The fraction of sp³-hybridized carbons (Fsp3) is 0.286. The molecule has 1 aliphatic rings. The van der Waals surface area contributed by atoms with Crippen molar-refractivity contribution in [3.63, 3.8) is 0 Å². The van der Waals surface area contributed by atoms with Crippen molar-refractivity contribution in [2.45, 2.75) is 31.6 Å². The van der Waals surface area contributed by atoms with Gasteiger partial charge in [-0.3, -0.25) is 9.78 Å². The van der Waals surface area contributed by atoms with Crippen LogP contribution < -0.4 is 5.32 Å². The minimum atomic E-state index is 0.0333. The summed E-state index contributed by atoms with van der Waals surface area (Å²) in [6, 6.07) is 14.4. The maximum Gasteiger partial charge on any atom is 0.226 e. The predicted octanol–water partition coefficient (Wildman–Crippen LogP) is 3.98. The second-order valence-corrected chi connectivity index (χ2v) is 7.49. The van der Waals surface area contributed by atoms with Crippen molar-refractivity contribution >= 4 is 17.2 Å². The lowest BCUT2D eigenvalue weighted by molar-refractivity contribution is -0.120. The highest BCUT2D eigenvalue weighted by Crippen LogP contribution is 2.30. The third kappa shape index (κ3) is 3.83. The molecule has 132 valence electrons. The number of pyridine rings is 1. The molecule has 2 aromatic heterocycles. The number of hydrogen-bond donors (Lipinski definition) is 1. The zero-order valence-electron chi connectivity index (χ0n) is 14.5. The molecule has 1 aromatic carbocycles. The van der Waals surface area contributed by atoms with E-state index in [9.17, 15) is 4.79 Å². The van der Waals surface area contributed by atoms with Gasteiger partial charge in [-0.05, 0) is 42.5 Å². The number of fused-ring (bicyclic) bond motifs is 1. The molecule has 0 spiro atoms. The van der Waals surface area contributed by atoms with Crippen molar-refractivity contribution in [1.29, 1.82) is 0 Å². The molecule has 0 aliphatic heterocycles. The minimum absolute atomic E-state index is 0.0333.